The molecule has 1 N–H and O–H groups in total. The van der Waals surface area contributed by atoms with Gasteiger partial charge in [-0.3, -0.25) is 14.6 Å². The van der Waals surface area contributed by atoms with E-state index in [1.54, 1.807) is 36.4 Å². The number of amides is 2. The summed E-state index contributed by atoms with van der Waals surface area (Å²) < 4.78 is 10.2. The molecule has 190 valence electrons. The molecule has 1 unspecified atom stereocenters. The van der Waals surface area contributed by atoms with Crippen LogP contribution < -0.4 is 4.74 Å². The Bertz CT molecular complexity index is 1190. The van der Waals surface area contributed by atoms with E-state index in [0.29, 0.717) is 31.5 Å². The number of rotatable bonds is 5. The number of benzene rings is 1. The van der Waals surface area contributed by atoms with Crippen molar-refractivity contribution >= 4 is 46.7 Å². The minimum atomic E-state index is -0.877. The fraction of sp³-hybridized carbons (Fsp3) is 0.360. The predicted molar refractivity (Wildman–Crippen MR) is 133 cm³/mol. The first-order chi connectivity index (χ1) is 17.3. The number of piperidine rings is 1. The molecule has 0 saturated carbocycles. The Kier molecular flexibility index (Phi) is 7.70. The van der Waals surface area contributed by atoms with Gasteiger partial charge in [-0.05, 0) is 43.5 Å². The molecule has 2 aliphatic rings. The molecule has 9 nitrogen and oxygen atoms in total. The molecule has 3 heterocycles. The molecule has 1 aromatic heterocycles. The molecule has 2 aromatic rings. The van der Waals surface area contributed by atoms with Crippen LogP contribution in [0.2, 0.25) is 10.0 Å². The van der Waals surface area contributed by atoms with E-state index in [1.165, 1.54) is 24.1 Å². The number of carbonyl (C=O) groups is 3. The summed E-state index contributed by atoms with van der Waals surface area (Å²) >= 11 is 12.5. The van der Waals surface area contributed by atoms with Crippen LogP contribution in [-0.2, 0) is 14.3 Å². The van der Waals surface area contributed by atoms with E-state index in [0.717, 1.165) is 0 Å². The third-order valence-corrected chi connectivity index (χ3v) is 6.90. The van der Waals surface area contributed by atoms with E-state index >= 15 is 0 Å². The van der Waals surface area contributed by atoms with Gasteiger partial charge in [-0.2, -0.15) is 0 Å². The highest BCUT2D eigenvalue weighted by Gasteiger charge is 2.49. The molecule has 2 aliphatic heterocycles. The van der Waals surface area contributed by atoms with Crippen molar-refractivity contribution in [2.45, 2.75) is 31.8 Å². The summed E-state index contributed by atoms with van der Waals surface area (Å²) in [6, 6.07) is 5.06. The summed E-state index contributed by atoms with van der Waals surface area (Å²) in [7, 11) is 1.41. The minimum absolute atomic E-state index is 0.0851. The van der Waals surface area contributed by atoms with Gasteiger partial charge in [-0.1, -0.05) is 29.3 Å². The summed E-state index contributed by atoms with van der Waals surface area (Å²) in [6.07, 6.45) is 3.62. The molecule has 4 rings (SSSR count). The van der Waals surface area contributed by atoms with Crippen LogP contribution in [0.1, 0.15) is 36.9 Å². The van der Waals surface area contributed by atoms with Gasteiger partial charge >= 0.3 is 6.09 Å². The van der Waals surface area contributed by atoms with Crippen molar-refractivity contribution in [1.82, 2.24) is 14.8 Å². The highest BCUT2D eigenvalue weighted by atomic mass is 35.5. The number of ether oxygens (including phenoxy) is 2. The second-order valence-corrected chi connectivity index (χ2v) is 9.20. The molecular formula is C25H25Cl2N3O6. The lowest BCUT2D eigenvalue weighted by molar-refractivity contribution is -0.142. The van der Waals surface area contributed by atoms with E-state index in [-0.39, 0.29) is 39.6 Å². The van der Waals surface area contributed by atoms with Crippen molar-refractivity contribution in [3.63, 3.8) is 0 Å². The molecule has 1 aromatic carbocycles. The fourth-order valence-electron chi connectivity index (χ4n) is 4.68. The van der Waals surface area contributed by atoms with E-state index in [2.05, 4.69) is 4.98 Å². The lowest BCUT2D eigenvalue weighted by Gasteiger charge is -2.38. The van der Waals surface area contributed by atoms with Gasteiger partial charge in [-0.15, -0.1) is 0 Å². The molecule has 2 fully saturated rings. The smallest absolute Gasteiger partial charge is 0.409 e. The van der Waals surface area contributed by atoms with Crippen LogP contribution in [0.5, 0.6) is 5.75 Å². The van der Waals surface area contributed by atoms with Gasteiger partial charge in [0.15, 0.2) is 5.75 Å². The second kappa shape index (κ2) is 10.8. The van der Waals surface area contributed by atoms with Gasteiger partial charge in [0.05, 0.1) is 35.4 Å². The maximum atomic E-state index is 13.3. The number of carbonyl (C=O) groups excluding carboxylic acids is 3. The number of methoxy groups -OCH3 is 1. The number of pyridine rings is 1. The van der Waals surface area contributed by atoms with Crippen molar-refractivity contribution in [2.24, 2.45) is 0 Å². The quantitative estimate of drug-likeness (QED) is 0.343. The monoisotopic (exact) mass is 533 g/mol. The first-order valence-electron chi connectivity index (χ1n) is 11.4. The lowest BCUT2D eigenvalue weighted by atomic mass is 9.94. The van der Waals surface area contributed by atoms with Crippen molar-refractivity contribution < 1.29 is 29.0 Å². The molecule has 0 radical (unpaired) electrons. The maximum absolute atomic E-state index is 13.3. The molecule has 1 atom stereocenters. The van der Waals surface area contributed by atoms with Gasteiger partial charge in [0.1, 0.15) is 5.76 Å². The van der Waals surface area contributed by atoms with Crippen LogP contribution in [0, 0.1) is 0 Å². The number of likely N-dealkylation sites (tertiary alicyclic amines) is 2. The standard InChI is InChI=1S/C25H25Cl2N3O6/c1-3-36-25(34)29-9-6-16(7-10-29)30-20(14-5-4-8-28-13-14)19(22(32)24(30)33)21(31)15-11-17(26)23(35-2)18(27)12-15/h4-5,8,11-13,16,20,31H,3,6-7,9-10H2,1-2H3/b21-19+. The zero-order chi connectivity index (χ0) is 26.0. The van der Waals surface area contributed by atoms with Crippen LogP contribution in [0.4, 0.5) is 4.79 Å². The van der Waals surface area contributed by atoms with E-state index < -0.39 is 29.6 Å². The van der Waals surface area contributed by atoms with Gasteiger partial charge in [0.2, 0.25) is 0 Å². The molecule has 0 bridgehead atoms. The zero-order valence-electron chi connectivity index (χ0n) is 19.7. The lowest BCUT2D eigenvalue weighted by Crippen LogP contribution is -2.48. The topological polar surface area (TPSA) is 109 Å². The number of aliphatic hydroxyl groups is 1. The largest absolute Gasteiger partial charge is 0.507 e. The van der Waals surface area contributed by atoms with Crippen LogP contribution in [0.3, 0.4) is 0 Å². The normalized spacial score (nSPS) is 20.1. The number of aromatic nitrogens is 1. The highest BCUT2D eigenvalue weighted by molar-refractivity contribution is 6.47. The Morgan fingerprint density at radius 3 is 2.42 bits per heavy atom. The van der Waals surface area contributed by atoms with E-state index in [4.69, 9.17) is 32.7 Å². The van der Waals surface area contributed by atoms with Crippen LogP contribution in [-0.4, -0.2) is 70.5 Å². The van der Waals surface area contributed by atoms with Crippen molar-refractivity contribution in [3.8, 4) is 5.75 Å². The Balaban J connectivity index is 1.75. The second-order valence-electron chi connectivity index (χ2n) is 8.38. The van der Waals surface area contributed by atoms with E-state index in [9.17, 15) is 19.5 Å². The Morgan fingerprint density at radius 2 is 1.86 bits per heavy atom. The van der Waals surface area contributed by atoms with Gasteiger partial charge in [-0.25, -0.2) is 4.79 Å². The van der Waals surface area contributed by atoms with Crippen molar-refractivity contribution in [2.75, 3.05) is 26.8 Å². The average molecular weight is 534 g/mol. The molecule has 2 amide bonds. The van der Waals surface area contributed by atoms with Crippen molar-refractivity contribution in [1.29, 1.82) is 0 Å². The maximum Gasteiger partial charge on any atom is 0.409 e. The van der Waals surface area contributed by atoms with Gasteiger partial charge in [0.25, 0.3) is 11.7 Å². The molecule has 0 spiro atoms. The Hall–Kier alpha value is -3.30. The number of Topliss-reactive ketones (excluding diaryl/α,β-unsaturated/α-hetero) is 1. The predicted octanol–water partition coefficient (Wildman–Crippen LogP) is 4.44. The van der Waals surface area contributed by atoms with E-state index in [1.807, 2.05) is 0 Å². The number of ketones is 1. The number of nitrogens with zero attached hydrogens (tertiary/aromatic N) is 3. The van der Waals surface area contributed by atoms with Crippen LogP contribution >= 0.6 is 23.2 Å². The summed E-state index contributed by atoms with van der Waals surface area (Å²) in [5, 5.41) is 11.6. The summed E-state index contributed by atoms with van der Waals surface area (Å²) in [5.74, 6) is -1.73. The van der Waals surface area contributed by atoms with Gasteiger partial charge < -0.3 is 24.4 Å². The summed E-state index contributed by atoms with van der Waals surface area (Å²) in [6.45, 7) is 2.75. The number of hydrogen-bond donors (Lipinski definition) is 1. The van der Waals surface area contributed by atoms with Crippen molar-refractivity contribution in [3.05, 3.63) is 63.4 Å². The molecule has 2 saturated heterocycles. The minimum Gasteiger partial charge on any atom is -0.507 e. The molecule has 0 aliphatic carbocycles. The molecule has 11 heteroatoms. The zero-order valence-corrected chi connectivity index (χ0v) is 21.3. The first-order valence-corrected chi connectivity index (χ1v) is 12.2. The summed E-state index contributed by atoms with van der Waals surface area (Å²) in [4.78, 5) is 46.0. The first kappa shape index (κ1) is 25.8. The number of halogens is 2. The Labute approximate surface area is 218 Å². The number of hydrogen-bond acceptors (Lipinski definition) is 7. The average Bonchev–Trinajstić information content (AvgIpc) is 3.14. The Morgan fingerprint density at radius 1 is 1.19 bits per heavy atom. The SMILES string of the molecule is CCOC(=O)N1CCC(N2C(=O)C(=O)/C(=C(/O)c3cc(Cl)c(OC)c(Cl)c3)C2c2cccnc2)CC1. The number of aliphatic hydroxyl groups excluding tert-OH is 1. The van der Waals surface area contributed by atoms with Gasteiger partial charge in [0, 0.05) is 37.1 Å². The molecule has 36 heavy (non-hydrogen) atoms. The summed E-state index contributed by atoms with van der Waals surface area (Å²) in [5.41, 5.74) is 0.657. The highest BCUT2D eigenvalue weighted by Crippen LogP contribution is 2.43. The molecular weight excluding hydrogens is 509 g/mol. The van der Waals surface area contributed by atoms with Crippen LogP contribution in [0.25, 0.3) is 5.76 Å². The van der Waals surface area contributed by atoms with Crippen LogP contribution in [0.15, 0.2) is 42.2 Å². The fourth-order valence-corrected chi connectivity index (χ4v) is 5.32. The third-order valence-electron chi connectivity index (χ3n) is 6.34. The third kappa shape index (κ3) is 4.73.